The van der Waals surface area contributed by atoms with Gasteiger partial charge in [-0.3, -0.25) is 8.97 Å². The third kappa shape index (κ3) is 4.03. The first kappa shape index (κ1) is 26.7. The molecule has 0 unspecified atom stereocenters. The first-order valence-corrected chi connectivity index (χ1v) is 16.3. The Hall–Kier alpha value is -6.52. The van der Waals surface area contributed by atoms with Crippen LogP contribution in [0, 0.1) is 0 Å². The number of nitrogens with zero attached hydrogens (tertiary/aromatic N) is 4. The molecule has 4 nitrogen and oxygen atoms in total. The van der Waals surface area contributed by atoms with Crippen molar-refractivity contribution < 1.29 is 0 Å². The van der Waals surface area contributed by atoms with Crippen LogP contribution in [0.25, 0.3) is 88.7 Å². The van der Waals surface area contributed by atoms with Crippen molar-refractivity contribution in [1.29, 1.82) is 0 Å². The molecule has 48 heavy (non-hydrogen) atoms. The lowest BCUT2D eigenvalue weighted by atomic mass is 10.0. The van der Waals surface area contributed by atoms with Crippen LogP contribution in [0.3, 0.4) is 0 Å². The predicted octanol–water partition coefficient (Wildman–Crippen LogP) is 11.1. The Morgan fingerprint density at radius 1 is 0.375 bits per heavy atom. The average Bonchev–Trinajstić information content (AvgIpc) is 3.68. The number of para-hydroxylation sites is 3. The van der Waals surface area contributed by atoms with Crippen molar-refractivity contribution in [3.63, 3.8) is 0 Å². The Morgan fingerprint density at radius 3 is 1.52 bits per heavy atom. The minimum Gasteiger partial charge on any atom is -0.293 e. The molecule has 10 aromatic rings. The first-order valence-electron chi connectivity index (χ1n) is 16.3. The van der Waals surface area contributed by atoms with Crippen molar-refractivity contribution in [2.45, 2.75) is 0 Å². The van der Waals surface area contributed by atoms with Crippen molar-refractivity contribution in [3.05, 3.63) is 170 Å². The molecule has 0 saturated heterocycles. The van der Waals surface area contributed by atoms with E-state index in [9.17, 15) is 0 Å². The average molecular weight is 613 g/mol. The molecule has 4 heteroatoms. The Bertz CT molecular complexity index is 2810. The first-order chi connectivity index (χ1) is 23.8. The molecule has 0 aliphatic carbocycles. The number of pyridine rings is 2. The molecule has 4 heterocycles. The van der Waals surface area contributed by atoms with E-state index in [0.717, 1.165) is 55.7 Å². The monoisotopic (exact) mass is 612 g/mol. The largest absolute Gasteiger partial charge is 0.293 e. The van der Waals surface area contributed by atoms with Crippen molar-refractivity contribution in [2.24, 2.45) is 0 Å². The molecule has 0 saturated carbocycles. The van der Waals surface area contributed by atoms with Gasteiger partial charge in [-0.15, -0.1) is 0 Å². The molecule has 0 spiro atoms. The van der Waals surface area contributed by atoms with Crippen LogP contribution in [0.4, 0.5) is 0 Å². The molecular formula is C44H28N4. The van der Waals surface area contributed by atoms with E-state index in [1.54, 1.807) is 0 Å². The van der Waals surface area contributed by atoms with Gasteiger partial charge in [-0.25, -0.2) is 9.97 Å². The zero-order valence-electron chi connectivity index (χ0n) is 26.0. The van der Waals surface area contributed by atoms with E-state index in [-0.39, 0.29) is 0 Å². The van der Waals surface area contributed by atoms with E-state index >= 15 is 0 Å². The zero-order valence-corrected chi connectivity index (χ0v) is 26.0. The van der Waals surface area contributed by atoms with E-state index in [1.165, 1.54) is 33.1 Å². The molecule has 0 radical (unpaired) electrons. The number of benzene rings is 6. The number of hydrogen-bond donors (Lipinski definition) is 0. The fourth-order valence-corrected chi connectivity index (χ4v) is 7.27. The molecule has 0 N–H and O–H groups in total. The lowest BCUT2D eigenvalue weighted by Crippen LogP contribution is -1.96. The molecule has 0 amide bonds. The summed E-state index contributed by atoms with van der Waals surface area (Å²) in [6, 6.07) is 60.0. The molecule has 10 rings (SSSR count). The van der Waals surface area contributed by atoms with Crippen LogP contribution in [0.15, 0.2) is 170 Å². The number of aromatic nitrogens is 4. The number of fused-ring (bicyclic) bond motifs is 8. The van der Waals surface area contributed by atoms with E-state index in [2.05, 4.69) is 161 Å². The van der Waals surface area contributed by atoms with Crippen LogP contribution in [0.5, 0.6) is 0 Å². The van der Waals surface area contributed by atoms with Gasteiger partial charge >= 0.3 is 0 Å². The second kappa shape index (κ2) is 10.5. The number of imidazole rings is 1. The number of rotatable bonds is 4. The fourth-order valence-electron chi connectivity index (χ4n) is 7.27. The highest BCUT2D eigenvalue weighted by Gasteiger charge is 2.22. The van der Waals surface area contributed by atoms with Gasteiger partial charge in [0.15, 0.2) is 0 Å². The van der Waals surface area contributed by atoms with Crippen molar-refractivity contribution in [1.82, 2.24) is 18.9 Å². The van der Waals surface area contributed by atoms with Crippen LogP contribution < -0.4 is 0 Å². The lowest BCUT2D eigenvalue weighted by Gasteiger charge is -2.11. The third-order valence-corrected chi connectivity index (χ3v) is 9.50. The Kier molecular flexibility index (Phi) is 5.84. The minimum atomic E-state index is 0.914. The van der Waals surface area contributed by atoms with Gasteiger partial charge in [0.25, 0.3) is 0 Å². The van der Waals surface area contributed by atoms with E-state index in [4.69, 9.17) is 9.97 Å². The van der Waals surface area contributed by atoms with Gasteiger partial charge in [0, 0.05) is 38.5 Å². The van der Waals surface area contributed by atoms with Crippen LogP contribution in [0.1, 0.15) is 0 Å². The summed E-state index contributed by atoms with van der Waals surface area (Å²) < 4.78 is 4.81. The SMILES string of the molecule is c1ccc(-c2ccc3ccc4ccc(-c5ccc(-n6c7ccccc7n7c8ccccc8c(-c8ccccc8)c67)cc5)nc4c3n2)cc1. The zero-order chi connectivity index (χ0) is 31.6. The summed E-state index contributed by atoms with van der Waals surface area (Å²) in [4.78, 5) is 10.3. The van der Waals surface area contributed by atoms with Gasteiger partial charge in [-0.05, 0) is 48.0 Å². The summed E-state index contributed by atoms with van der Waals surface area (Å²) in [6.45, 7) is 0. The molecule has 0 fully saturated rings. The maximum absolute atomic E-state index is 5.21. The fraction of sp³-hybridized carbons (Fsp3) is 0. The second-order valence-electron chi connectivity index (χ2n) is 12.3. The molecule has 224 valence electrons. The van der Waals surface area contributed by atoms with Crippen LogP contribution in [0.2, 0.25) is 0 Å². The van der Waals surface area contributed by atoms with Gasteiger partial charge in [-0.1, -0.05) is 127 Å². The Balaban J connectivity index is 1.15. The molecule has 6 aromatic carbocycles. The topological polar surface area (TPSA) is 35.1 Å². The normalized spacial score (nSPS) is 11.8. The lowest BCUT2D eigenvalue weighted by molar-refractivity contribution is 1.15. The van der Waals surface area contributed by atoms with Crippen LogP contribution >= 0.6 is 0 Å². The van der Waals surface area contributed by atoms with Gasteiger partial charge in [0.1, 0.15) is 5.65 Å². The summed E-state index contributed by atoms with van der Waals surface area (Å²) in [7, 11) is 0. The molecule has 4 aromatic heterocycles. The van der Waals surface area contributed by atoms with E-state index in [1.807, 2.05) is 18.2 Å². The Labute approximate surface area is 276 Å². The van der Waals surface area contributed by atoms with E-state index in [0.29, 0.717) is 0 Å². The molecular weight excluding hydrogens is 585 g/mol. The van der Waals surface area contributed by atoms with Crippen molar-refractivity contribution in [2.75, 3.05) is 0 Å². The molecule has 0 aliphatic rings. The van der Waals surface area contributed by atoms with Crippen molar-refractivity contribution >= 4 is 49.4 Å². The Morgan fingerprint density at radius 2 is 0.875 bits per heavy atom. The molecule has 0 aliphatic heterocycles. The summed E-state index contributed by atoms with van der Waals surface area (Å²) in [5.74, 6) is 0. The van der Waals surface area contributed by atoms with Crippen LogP contribution in [-0.2, 0) is 0 Å². The van der Waals surface area contributed by atoms with Crippen LogP contribution in [-0.4, -0.2) is 18.9 Å². The summed E-state index contributed by atoms with van der Waals surface area (Å²) >= 11 is 0. The summed E-state index contributed by atoms with van der Waals surface area (Å²) in [6.07, 6.45) is 0. The predicted molar refractivity (Wildman–Crippen MR) is 199 cm³/mol. The molecule has 0 bridgehead atoms. The highest BCUT2D eigenvalue weighted by atomic mass is 15.1. The maximum atomic E-state index is 5.21. The van der Waals surface area contributed by atoms with E-state index < -0.39 is 0 Å². The van der Waals surface area contributed by atoms with Gasteiger partial charge < -0.3 is 0 Å². The second-order valence-corrected chi connectivity index (χ2v) is 12.3. The minimum absolute atomic E-state index is 0.914. The van der Waals surface area contributed by atoms with Gasteiger partial charge in [0.05, 0.1) is 39.0 Å². The third-order valence-electron chi connectivity index (χ3n) is 9.50. The summed E-state index contributed by atoms with van der Waals surface area (Å²) in [5, 5.41) is 3.40. The highest BCUT2D eigenvalue weighted by molar-refractivity contribution is 6.09. The van der Waals surface area contributed by atoms with Crippen molar-refractivity contribution in [3.8, 4) is 39.3 Å². The molecule has 0 atom stereocenters. The van der Waals surface area contributed by atoms with Gasteiger partial charge in [0.2, 0.25) is 0 Å². The quantitative estimate of drug-likeness (QED) is 0.185. The standard InChI is InChI=1S/C44H28N4/c1-3-11-29(12-4-1)36-27-23-32-19-20-33-24-28-37(46-43(33)42(32)45-36)30-21-25-34(26-22-30)47-39-17-9-10-18-40(39)48-38-16-8-7-15-35(38)41(44(47)48)31-13-5-2-6-14-31/h1-28H. The number of hydrogen-bond acceptors (Lipinski definition) is 2. The maximum Gasteiger partial charge on any atom is 0.131 e. The summed E-state index contributed by atoms with van der Waals surface area (Å²) in [5.41, 5.74) is 14.1. The smallest absolute Gasteiger partial charge is 0.131 e. The highest BCUT2D eigenvalue weighted by Crippen LogP contribution is 2.40. The van der Waals surface area contributed by atoms with Gasteiger partial charge in [-0.2, -0.15) is 0 Å².